The van der Waals surface area contributed by atoms with Crippen molar-refractivity contribution >= 4 is 17.8 Å². The Morgan fingerprint density at radius 2 is 1.90 bits per heavy atom. The van der Waals surface area contributed by atoms with E-state index in [2.05, 4.69) is 30.7 Å². The maximum absolute atomic E-state index is 11.9. The molecule has 9 heteroatoms. The monoisotopic (exact) mass is 418 g/mol. The molecule has 1 fully saturated rings. The van der Waals surface area contributed by atoms with Crippen molar-refractivity contribution < 1.29 is 14.3 Å². The van der Waals surface area contributed by atoms with Gasteiger partial charge in [-0.1, -0.05) is 12.1 Å². The van der Waals surface area contributed by atoms with Crippen LogP contribution in [-0.4, -0.2) is 101 Å². The summed E-state index contributed by atoms with van der Waals surface area (Å²) < 4.78 is 4.94. The van der Waals surface area contributed by atoms with E-state index in [0.717, 1.165) is 50.7 Å². The maximum atomic E-state index is 11.9. The predicted octanol–water partition coefficient (Wildman–Crippen LogP) is -0.456. The van der Waals surface area contributed by atoms with E-state index in [4.69, 9.17) is 4.74 Å². The van der Waals surface area contributed by atoms with Gasteiger partial charge in [0, 0.05) is 66.0 Å². The number of hydrogen-bond donors (Lipinski definition) is 3. The van der Waals surface area contributed by atoms with Crippen LogP contribution in [0, 0.1) is 0 Å². The van der Waals surface area contributed by atoms with Gasteiger partial charge in [-0.3, -0.25) is 19.5 Å². The molecule has 0 aromatic heterocycles. The minimum absolute atomic E-state index is 0.0296. The van der Waals surface area contributed by atoms with Crippen molar-refractivity contribution in [3.8, 4) is 0 Å². The smallest absolute Gasteiger partial charge is 0.251 e. The summed E-state index contributed by atoms with van der Waals surface area (Å²) in [5.74, 6) is 0.814. The first kappa shape index (κ1) is 23.6. The second-order valence-corrected chi connectivity index (χ2v) is 7.11. The van der Waals surface area contributed by atoms with Crippen LogP contribution in [0.5, 0.6) is 0 Å². The van der Waals surface area contributed by atoms with Gasteiger partial charge in [0.2, 0.25) is 5.91 Å². The summed E-state index contributed by atoms with van der Waals surface area (Å²) >= 11 is 0. The van der Waals surface area contributed by atoms with E-state index in [0.29, 0.717) is 25.3 Å². The van der Waals surface area contributed by atoms with Gasteiger partial charge in [0.1, 0.15) is 0 Å². The van der Waals surface area contributed by atoms with E-state index in [9.17, 15) is 9.59 Å². The van der Waals surface area contributed by atoms with Gasteiger partial charge in [-0.25, -0.2) is 0 Å². The minimum Gasteiger partial charge on any atom is -0.383 e. The highest BCUT2D eigenvalue weighted by molar-refractivity contribution is 5.94. The van der Waals surface area contributed by atoms with E-state index in [1.54, 1.807) is 21.2 Å². The Morgan fingerprint density at radius 1 is 1.13 bits per heavy atom. The van der Waals surface area contributed by atoms with Gasteiger partial charge in [-0.05, 0) is 24.1 Å². The fraction of sp³-hybridized carbons (Fsp3) is 0.571. The highest BCUT2D eigenvalue weighted by Gasteiger charge is 2.21. The number of carbonyl (C=O) groups is 2. The molecule has 1 aliphatic rings. The van der Waals surface area contributed by atoms with Gasteiger partial charge in [0.05, 0.1) is 13.2 Å². The standard InChI is InChI=1S/C21H34N6O3/c1-22-20(29)18-6-4-5-17(15-18)7-8-25-21(23-2)27-12-10-26(11-13-27)16-19(28)24-9-14-30-3/h4-6,15H,7-14,16H2,1-3H3,(H,22,29)(H,23,25)(H,24,28). The molecule has 2 amide bonds. The van der Waals surface area contributed by atoms with Gasteiger partial charge in [-0.2, -0.15) is 0 Å². The SMILES string of the molecule is CN=C(NCCc1cccc(C(=O)NC)c1)N1CCN(CC(=O)NCCOC)CC1. The Kier molecular flexibility index (Phi) is 10.1. The summed E-state index contributed by atoms with van der Waals surface area (Å²) in [6.45, 7) is 5.46. The second kappa shape index (κ2) is 12.8. The third kappa shape index (κ3) is 7.64. The Labute approximate surface area is 178 Å². The molecule has 0 atom stereocenters. The average molecular weight is 419 g/mol. The average Bonchev–Trinajstić information content (AvgIpc) is 2.77. The zero-order chi connectivity index (χ0) is 21.8. The van der Waals surface area contributed by atoms with Crippen molar-refractivity contribution in [1.29, 1.82) is 0 Å². The van der Waals surface area contributed by atoms with Gasteiger partial charge >= 0.3 is 0 Å². The number of aliphatic imine (C=N–C) groups is 1. The van der Waals surface area contributed by atoms with Crippen LogP contribution in [0.2, 0.25) is 0 Å². The Morgan fingerprint density at radius 3 is 2.57 bits per heavy atom. The number of guanidine groups is 1. The van der Waals surface area contributed by atoms with Gasteiger partial charge in [0.25, 0.3) is 5.91 Å². The molecule has 1 aromatic carbocycles. The van der Waals surface area contributed by atoms with Crippen LogP contribution in [0.15, 0.2) is 29.3 Å². The predicted molar refractivity (Wildman–Crippen MR) is 118 cm³/mol. The summed E-state index contributed by atoms with van der Waals surface area (Å²) in [7, 11) is 5.03. The van der Waals surface area contributed by atoms with Crippen LogP contribution in [-0.2, 0) is 16.0 Å². The number of nitrogens with one attached hydrogen (secondary N) is 3. The topological polar surface area (TPSA) is 98.3 Å². The third-order valence-corrected chi connectivity index (χ3v) is 4.99. The van der Waals surface area contributed by atoms with Crippen molar-refractivity contribution in [1.82, 2.24) is 25.8 Å². The molecule has 0 saturated carbocycles. The second-order valence-electron chi connectivity index (χ2n) is 7.11. The Hall–Kier alpha value is -2.65. The zero-order valence-corrected chi connectivity index (χ0v) is 18.2. The van der Waals surface area contributed by atoms with Crippen LogP contribution in [0.4, 0.5) is 0 Å². The fourth-order valence-electron chi connectivity index (χ4n) is 3.33. The van der Waals surface area contributed by atoms with E-state index in [1.807, 2.05) is 24.3 Å². The molecule has 0 unspecified atom stereocenters. The maximum Gasteiger partial charge on any atom is 0.251 e. The number of piperazine rings is 1. The van der Waals surface area contributed by atoms with Gasteiger partial charge in [-0.15, -0.1) is 0 Å². The molecule has 0 spiro atoms. The molecule has 166 valence electrons. The van der Waals surface area contributed by atoms with E-state index in [-0.39, 0.29) is 11.8 Å². The molecule has 1 aromatic rings. The molecule has 0 bridgehead atoms. The zero-order valence-electron chi connectivity index (χ0n) is 18.2. The Bertz CT molecular complexity index is 716. The summed E-state index contributed by atoms with van der Waals surface area (Å²) in [5, 5.41) is 8.91. The number of hydrogen-bond acceptors (Lipinski definition) is 5. The van der Waals surface area contributed by atoms with Crippen molar-refractivity contribution in [2.45, 2.75) is 6.42 Å². The molecule has 3 N–H and O–H groups in total. The van der Waals surface area contributed by atoms with Crippen LogP contribution in [0.1, 0.15) is 15.9 Å². The molecule has 1 aliphatic heterocycles. The van der Waals surface area contributed by atoms with Crippen molar-refractivity contribution in [3.05, 3.63) is 35.4 Å². The minimum atomic E-state index is -0.0779. The van der Waals surface area contributed by atoms with Crippen LogP contribution in [0.25, 0.3) is 0 Å². The quantitative estimate of drug-likeness (QED) is 0.285. The summed E-state index contributed by atoms with van der Waals surface area (Å²) in [6, 6.07) is 7.65. The van der Waals surface area contributed by atoms with Crippen molar-refractivity contribution in [2.75, 3.05) is 73.6 Å². The number of carbonyl (C=O) groups excluding carboxylic acids is 2. The summed E-state index contributed by atoms with van der Waals surface area (Å²) in [5.41, 5.74) is 1.77. The van der Waals surface area contributed by atoms with Gasteiger partial charge in [0.15, 0.2) is 5.96 Å². The highest BCUT2D eigenvalue weighted by atomic mass is 16.5. The molecule has 9 nitrogen and oxygen atoms in total. The Balaban J connectivity index is 1.73. The van der Waals surface area contributed by atoms with E-state index < -0.39 is 0 Å². The molecule has 30 heavy (non-hydrogen) atoms. The third-order valence-electron chi connectivity index (χ3n) is 4.99. The molecule has 0 aliphatic carbocycles. The number of methoxy groups -OCH3 is 1. The van der Waals surface area contributed by atoms with Crippen LogP contribution in [0.3, 0.4) is 0 Å². The number of rotatable bonds is 9. The van der Waals surface area contributed by atoms with Gasteiger partial charge < -0.3 is 25.6 Å². The molecule has 1 heterocycles. The first-order valence-electron chi connectivity index (χ1n) is 10.3. The number of amides is 2. The lowest BCUT2D eigenvalue weighted by Crippen LogP contribution is -2.54. The largest absolute Gasteiger partial charge is 0.383 e. The molecular formula is C21H34N6O3. The first-order chi connectivity index (χ1) is 14.6. The molecular weight excluding hydrogens is 384 g/mol. The normalized spacial score (nSPS) is 15.0. The number of benzene rings is 1. The van der Waals surface area contributed by atoms with E-state index >= 15 is 0 Å². The summed E-state index contributed by atoms with van der Waals surface area (Å²) in [6.07, 6.45) is 0.797. The lowest BCUT2D eigenvalue weighted by molar-refractivity contribution is -0.122. The lowest BCUT2D eigenvalue weighted by Gasteiger charge is -2.36. The number of ether oxygens (including phenoxy) is 1. The molecule has 0 radical (unpaired) electrons. The van der Waals surface area contributed by atoms with Crippen molar-refractivity contribution in [2.24, 2.45) is 4.99 Å². The molecule has 1 saturated heterocycles. The number of nitrogens with zero attached hydrogens (tertiary/aromatic N) is 3. The lowest BCUT2D eigenvalue weighted by atomic mass is 10.1. The van der Waals surface area contributed by atoms with Crippen molar-refractivity contribution in [3.63, 3.8) is 0 Å². The van der Waals surface area contributed by atoms with E-state index in [1.165, 1.54) is 0 Å². The summed E-state index contributed by atoms with van der Waals surface area (Å²) in [4.78, 5) is 32.5. The highest BCUT2D eigenvalue weighted by Crippen LogP contribution is 2.06. The fourth-order valence-corrected chi connectivity index (χ4v) is 3.33. The van der Waals surface area contributed by atoms with Crippen LogP contribution >= 0.6 is 0 Å². The molecule has 2 rings (SSSR count). The van der Waals surface area contributed by atoms with Crippen LogP contribution < -0.4 is 16.0 Å². The first-order valence-corrected chi connectivity index (χ1v) is 10.3.